The number of rotatable bonds is 2. The summed E-state index contributed by atoms with van der Waals surface area (Å²) in [4.78, 5) is 27.6. The maximum absolute atomic E-state index is 11.5. The van der Waals surface area contributed by atoms with Gasteiger partial charge in [0.05, 0.1) is 6.61 Å². The fraction of sp³-hybridized carbons (Fsp3) is 0.273. The van der Waals surface area contributed by atoms with Crippen LogP contribution in [0.4, 0.5) is 4.79 Å². The first-order valence-electron chi connectivity index (χ1n) is 5.11. The Morgan fingerprint density at radius 3 is 2.76 bits per heavy atom. The van der Waals surface area contributed by atoms with Crippen LogP contribution in [0.5, 0.6) is 0 Å². The van der Waals surface area contributed by atoms with Gasteiger partial charge in [-0.1, -0.05) is 30.3 Å². The smallest absolute Gasteiger partial charge is 0.441 e. The van der Waals surface area contributed by atoms with Crippen LogP contribution >= 0.6 is 0 Å². The van der Waals surface area contributed by atoms with Crippen LogP contribution in [0.2, 0.25) is 0 Å². The molecule has 1 atom stereocenters. The Bertz CT molecular complexity index is 421. The zero-order valence-corrected chi connectivity index (χ0v) is 9.04. The fourth-order valence-electron chi connectivity index (χ4n) is 1.36. The molecule has 1 aromatic carbocycles. The minimum atomic E-state index is -0.841. The van der Waals surface area contributed by atoms with Crippen molar-refractivity contribution < 1.29 is 19.2 Å². The van der Waals surface area contributed by atoms with Gasteiger partial charge in [0.1, 0.15) is 12.6 Å². The van der Waals surface area contributed by atoms with Crippen molar-refractivity contribution in [2.75, 3.05) is 6.61 Å². The third kappa shape index (κ3) is 2.61. The first-order chi connectivity index (χ1) is 8.18. The lowest BCUT2D eigenvalue weighted by atomic mass is 10.2. The molecular formula is C11H12N2O4. The van der Waals surface area contributed by atoms with Crippen LogP contribution in [0.1, 0.15) is 5.56 Å². The number of ether oxygens (including phenoxy) is 1. The van der Waals surface area contributed by atoms with Gasteiger partial charge in [-0.3, -0.25) is 9.63 Å². The van der Waals surface area contributed by atoms with Crippen molar-refractivity contribution in [1.29, 1.82) is 0 Å². The maximum atomic E-state index is 11.5. The number of nitrogens with two attached hydrogens (primary N) is 1. The van der Waals surface area contributed by atoms with Gasteiger partial charge in [-0.15, -0.1) is 5.06 Å². The van der Waals surface area contributed by atoms with Gasteiger partial charge in [0.15, 0.2) is 0 Å². The summed E-state index contributed by atoms with van der Waals surface area (Å²) in [6.07, 6.45) is -0.841. The van der Waals surface area contributed by atoms with E-state index in [2.05, 4.69) is 0 Å². The molecule has 0 bridgehead atoms. The van der Waals surface area contributed by atoms with Crippen molar-refractivity contribution >= 4 is 12.0 Å². The van der Waals surface area contributed by atoms with Gasteiger partial charge >= 0.3 is 6.09 Å². The van der Waals surface area contributed by atoms with Crippen molar-refractivity contribution in [2.45, 2.75) is 12.6 Å². The summed E-state index contributed by atoms with van der Waals surface area (Å²) in [5, 5.41) is 0.563. The van der Waals surface area contributed by atoms with E-state index >= 15 is 0 Å². The zero-order chi connectivity index (χ0) is 12.3. The Kier molecular flexibility index (Phi) is 3.36. The second-order valence-electron chi connectivity index (χ2n) is 3.58. The van der Waals surface area contributed by atoms with Gasteiger partial charge in [0, 0.05) is 0 Å². The van der Waals surface area contributed by atoms with E-state index in [1.54, 1.807) is 0 Å². The lowest BCUT2D eigenvalue weighted by molar-refractivity contribution is -0.153. The SMILES string of the molecule is N[C@@H]1CON(C(=O)OCc2ccccc2)C1=O. The summed E-state index contributed by atoms with van der Waals surface area (Å²) in [7, 11) is 0. The van der Waals surface area contributed by atoms with Gasteiger partial charge < -0.3 is 10.5 Å². The Balaban J connectivity index is 1.88. The number of hydrogen-bond donors (Lipinski definition) is 1. The van der Waals surface area contributed by atoms with E-state index in [-0.39, 0.29) is 13.2 Å². The van der Waals surface area contributed by atoms with E-state index in [1.807, 2.05) is 30.3 Å². The summed E-state index contributed by atoms with van der Waals surface area (Å²) in [5.41, 5.74) is 6.22. The Labute approximate surface area is 97.9 Å². The maximum Gasteiger partial charge on any atom is 0.441 e. The van der Waals surface area contributed by atoms with Crippen molar-refractivity contribution in [3.05, 3.63) is 35.9 Å². The molecule has 0 saturated carbocycles. The Morgan fingerprint density at radius 1 is 1.47 bits per heavy atom. The lowest BCUT2D eigenvalue weighted by Gasteiger charge is -2.12. The molecule has 2 rings (SSSR count). The van der Waals surface area contributed by atoms with E-state index in [9.17, 15) is 9.59 Å². The van der Waals surface area contributed by atoms with Gasteiger partial charge in [0.2, 0.25) is 0 Å². The first kappa shape index (κ1) is 11.6. The molecule has 1 aromatic rings. The van der Waals surface area contributed by atoms with Crippen molar-refractivity contribution in [1.82, 2.24) is 5.06 Å². The minimum absolute atomic E-state index is 0.000724. The van der Waals surface area contributed by atoms with Gasteiger partial charge in [0.25, 0.3) is 5.91 Å². The summed E-state index contributed by atoms with van der Waals surface area (Å²) < 4.78 is 4.92. The number of imide groups is 1. The molecule has 2 amide bonds. The number of amides is 2. The molecule has 90 valence electrons. The average Bonchev–Trinajstić information content (AvgIpc) is 2.69. The normalized spacial score (nSPS) is 19.5. The number of benzene rings is 1. The standard InChI is InChI=1S/C11H12N2O4/c12-9-7-17-13(10(9)14)11(15)16-6-8-4-2-1-3-5-8/h1-5,9H,6-7,12H2/t9-/m1/s1. The summed E-state index contributed by atoms with van der Waals surface area (Å²) in [6, 6.07) is 8.35. The highest BCUT2D eigenvalue weighted by molar-refractivity contribution is 5.94. The van der Waals surface area contributed by atoms with E-state index in [0.717, 1.165) is 5.56 Å². The molecule has 17 heavy (non-hydrogen) atoms. The molecule has 0 spiro atoms. The fourth-order valence-corrected chi connectivity index (χ4v) is 1.36. The van der Waals surface area contributed by atoms with Crippen LogP contribution in [-0.2, 0) is 21.0 Å². The summed E-state index contributed by atoms with van der Waals surface area (Å²) in [6.45, 7) is 0.0846. The van der Waals surface area contributed by atoms with E-state index in [0.29, 0.717) is 5.06 Å². The van der Waals surface area contributed by atoms with Crippen LogP contribution in [0.15, 0.2) is 30.3 Å². The Morgan fingerprint density at radius 2 is 2.18 bits per heavy atom. The molecular weight excluding hydrogens is 224 g/mol. The molecule has 1 aliphatic rings. The predicted molar refractivity (Wildman–Crippen MR) is 57.4 cm³/mol. The number of hydrogen-bond acceptors (Lipinski definition) is 5. The van der Waals surface area contributed by atoms with Crippen LogP contribution in [0.3, 0.4) is 0 Å². The van der Waals surface area contributed by atoms with Crippen molar-refractivity contribution in [3.63, 3.8) is 0 Å². The summed E-state index contributed by atoms with van der Waals surface area (Å²) >= 11 is 0. The average molecular weight is 236 g/mol. The minimum Gasteiger partial charge on any atom is -0.443 e. The molecule has 1 aliphatic heterocycles. The number of nitrogens with zero attached hydrogens (tertiary/aromatic N) is 1. The predicted octanol–water partition coefficient (Wildman–Crippen LogP) is 0.424. The topological polar surface area (TPSA) is 81.9 Å². The van der Waals surface area contributed by atoms with E-state index in [1.165, 1.54) is 0 Å². The molecule has 0 aromatic heterocycles. The molecule has 0 unspecified atom stereocenters. The molecule has 1 fully saturated rings. The quantitative estimate of drug-likeness (QED) is 0.804. The third-order valence-electron chi connectivity index (χ3n) is 2.27. The zero-order valence-electron chi connectivity index (χ0n) is 9.04. The van der Waals surface area contributed by atoms with Gasteiger partial charge in [-0.05, 0) is 5.56 Å². The number of carbonyl (C=O) groups excluding carboxylic acids is 2. The monoisotopic (exact) mass is 236 g/mol. The Hall–Kier alpha value is -1.92. The molecule has 1 heterocycles. The second kappa shape index (κ2) is 4.94. The van der Waals surface area contributed by atoms with Crippen LogP contribution in [0.25, 0.3) is 0 Å². The molecule has 0 radical (unpaired) electrons. The van der Waals surface area contributed by atoms with Crippen LogP contribution in [-0.4, -0.2) is 29.7 Å². The highest BCUT2D eigenvalue weighted by atomic mass is 16.7. The molecule has 0 aliphatic carbocycles. The number of carbonyl (C=O) groups is 2. The highest BCUT2D eigenvalue weighted by Gasteiger charge is 2.36. The van der Waals surface area contributed by atoms with Gasteiger partial charge in [-0.2, -0.15) is 0 Å². The van der Waals surface area contributed by atoms with E-state index in [4.69, 9.17) is 15.3 Å². The molecule has 1 saturated heterocycles. The van der Waals surface area contributed by atoms with E-state index < -0.39 is 18.0 Å². The second-order valence-corrected chi connectivity index (χ2v) is 3.58. The molecule has 6 nitrogen and oxygen atoms in total. The molecule has 2 N–H and O–H groups in total. The largest absolute Gasteiger partial charge is 0.443 e. The molecule has 6 heteroatoms. The van der Waals surface area contributed by atoms with Gasteiger partial charge in [-0.25, -0.2) is 4.79 Å². The lowest BCUT2D eigenvalue weighted by Crippen LogP contribution is -2.38. The highest BCUT2D eigenvalue weighted by Crippen LogP contribution is 2.09. The van der Waals surface area contributed by atoms with Crippen molar-refractivity contribution in [2.24, 2.45) is 5.73 Å². The first-order valence-corrected chi connectivity index (χ1v) is 5.11. The summed E-state index contributed by atoms with van der Waals surface area (Å²) in [5.74, 6) is -0.580. The third-order valence-corrected chi connectivity index (χ3v) is 2.27. The van der Waals surface area contributed by atoms with Crippen LogP contribution in [0, 0.1) is 0 Å². The van der Waals surface area contributed by atoms with Crippen LogP contribution < -0.4 is 5.73 Å². The van der Waals surface area contributed by atoms with Crippen molar-refractivity contribution in [3.8, 4) is 0 Å². The number of hydroxylamine groups is 2.